The molecule has 0 atom stereocenters. The molecule has 0 N–H and O–H groups in total. The molecule has 2 aromatic carbocycles. The number of benzene rings is 2. The van der Waals surface area contributed by atoms with Gasteiger partial charge in [-0.1, -0.05) is 0 Å². The Bertz CT molecular complexity index is 806. The zero-order valence-electron chi connectivity index (χ0n) is 12.1. The first-order valence-corrected chi connectivity index (χ1v) is 6.22. The van der Waals surface area contributed by atoms with E-state index in [-0.39, 0.29) is 5.75 Å². The fraction of sp³-hybridized carbons (Fsp3) is 0.133. The van der Waals surface area contributed by atoms with E-state index in [0.717, 1.165) is 14.2 Å². The lowest BCUT2D eigenvalue weighted by Gasteiger charge is -2.13. The van der Waals surface area contributed by atoms with E-state index in [1.807, 2.05) is 0 Å². The molecular formula is C15H8F6O3. The van der Waals surface area contributed by atoms with Crippen LogP contribution in [-0.2, 0) is 4.74 Å². The maximum atomic E-state index is 14.1. The lowest BCUT2D eigenvalue weighted by molar-refractivity contribution is 0.0597. The van der Waals surface area contributed by atoms with Gasteiger partial charge in [-0.25, -0.2) is 31.1 Å². The van der Waals surface area contributed by atoms with Crippen molar-refractivity contribution in [2.24, 2.45) is 0 Å². The number of halogens is 6. The van der Waals surface area contributed by atoms with E-state index in [0.29, 0.717) is 12.1 Å². The molecule has 2 rings (SSSR count). The van der Waals surface area contributed by atoms with E-state index < -0.39 is 57.6 Å². The normalized spacial score (nSPS) is 10.7. The van der Waals surface area contributed by atoms with Crippen molar-refractivity contribution in [1.82, 2.24) is 0 Å². The molecule has 0 amide bonds. The molecule has 0 aliphatic carbocycles. The Labute approximate surface area is 131 Å². The molecule has 0 saturated heterocycles. The van der Waals surface area contributed by atoms with Crippen LogP contribution in [0, 0.1) is 34.9 Å². The van der Waals surface area contributed by atoms with Crippen molar-refractivity contribution in [3.05, 3.63) is 52.6 Å². The van der Waals surface area contributed by atoms with Crippen molar-refractivity contribution in [1.29, 1.82) is 0 Å². The molecule has 0 aliphatic heterocycles. The number of ether oxygens (including phenoxy) is 2. The minimum absolute atomic E-state index is 0.341. The second kappa shape index (κ2) is 6.42. The summed E-state index contributed by atoms with van der Waals surface area (Å²) in [5.74, 6) is -14.1. The van der Waals surface area contributed by atoms with E-state index in [1.165, 1.54) is 0 Å². The Morgan fingerprint density at radius 1 is 0.833 bits per heavy atom. The zero-order valence-corrected chi connectivity index (χ0v) is 12.1. The topological polar surface area (TPSA) is 35.5 Å². The van der Waals surface area contributed by atoms with Gasteiger partial charge in [-0.15, -0.1) is 0 Å². The van der Waals surface area contributed by atoms with Gasteiger partial charge in [0.05, 0.1) is 19.8 Å². The van der Waals surface area contributed by atoms with Gasteiger partial charge in [0.1, 0.15) is 17.1 Å². The molecule has 24 heavy (non-hydrogen) atoms. The molecule has 0 fully saturated rings. The molecule has 0 unspecified atom stereocenters. The molecule has 0 bridgehead atoms. The summed E-state index contributed by atoms with van der Waals surface area (Å²) in [6, 6.07) is 1.15. The molecule has 3 nitrogen and oxygen atoms in total. The molecule has 0 spiro atoms. The molecule has 0 radical (unpaired) electrons. The average Bonchev–Trinajstić information content (AvgIpc) is 2.58. The molecule has 0 aliphatic rings. The summed E-state index contributed by atoms with van der Waals surface area (Å²) in [4.78, 5) is 11.6. The molecule has 128 valence electrons. The van der Waals surface area contributed by atoms with Crippen molar-refractivity contribution in [2.45, 2.75) is 0 Å². The van der Waals surface area contributed by atoms with Crippen LogP contribution in [0.1, 0.15) is 10.4 Å². The molecule has 2 aromatic rings. The number of rotatable bonds is 3. The van der Waals surface area contributed by atoms with Crippen LogP contribution < -0.4 is 4.74 Å². The molecule has 0 heterocycles. The van der Waals surface area contributed by atoms with Crippen LogP contribution in [0.5, 0.6) is 5.75 Å². The summed E-state index contributed by atoms with van der Waals surface area (Å²) >= 11 is 0. The number of carbonyl (C=O) groups excluding carboxylic acids is 1. The lowest BCUT2D eigenvalue weighted by Crippen LogP contribution is -2.08. The average molecular weight is 350 g/mol. The highest BCUT2D eigenvalue weighted by atomic mass is 19.2. The summed E-state index contributed by atoms with van der Waals surface area (Å²) in [6.07, 6.45) is 0. The number of carbonyl (C=O) groups is 1. The van der Waals surface area contributed by atoms with Crippen molar-refractivity contribution >= 4 is 5.97 Å². The van der Waals surface area contributed by atoms with Crippen molar-refractivity contribution in [3.8, 4) is 16.9 Å². The molecule has 9 heteroatoms. The van der Waals surface area contributed by atoms with Crippen LogP contribution in [0.4, 0.5) is 26.3 Å². The van der Waals surface area contributed by atoms with Gasteiger partial charge in [-0.05, 0) is 6.07 Å². The van der Waals surface area contributed by atoms with Crippen molar-refractivity contribution in [2.75, 3.05) is 14.2 Å². The van der Waals surface area contributed by atoms with E-state index in [1.54, 1.807) is 0 Å². The number of hydrogen-bond acceptors (Lipinski definition) is 3. The number of esters is 1. The number of hydrogen-bond donors (Lipinski definition) is 0. The Hall–Kier alpha value is -2.71. The van der Waals surface area contributed by atoms with E-state index in [2.05, 4.69) is 4.74 Å². The second-order valence-corrected chi connectivity index (χ2v) is 4.47. The third kappa shape index (κ3) is 2.66. The summed E-state index contributed by atoms with van der Waals surface area (Å²) in [5, 5.41) is 0. The van der Waals surface area contributed by atoms with Gasteiger partial charge in [0.25, 0.3) is 0 Å². The Balaban J connectivity index is 2.86. The predicted molar refractivity (Wildman–Crippen MR) is 69.5 cm³/mol. The minimum atomic E-state index is -2.38. The predicted octanol–water partition coefficient (Wildman–Crippen LogP) is 3.98. The molecule has 0 aromatic heterocycles. The summed E-state index contributed by atoms with van der Waals surface area (Å²) in [7, 11) is 2.06. The summed E-state index contributed by atoms with van der Waals surface area (Å²) in [6.45, 7) is 0. The Morgan fingerprint density at radius 2 is 1.33 bits per heavy atom. The highest BCUT2D eigenvalue weighted by Crippen LogP contribution is 2.36. The van der Waals surface area contributed by atoms with Crippen LogP contribution in [-0.4, -0.2) is 20.2 Å². The van der Waals surface area contributed by atoms with Gasteiger partial charge in [0, 0.05) is 11.6 Å². The fourth-order valence-electron chi connectivity index (χ4n) is 2.03. The first-order chi connectivity index (χ1) is 11.2. The minimum Gasteiger partial charge on any atom is -0.496 e. The van der Waals surface area contributed by atoms with Crippen LogP contribution in [0.15, 0.2) is 12.1 Å². The fourth-order valence-corrected chi connectivity index (χ4v) is 2.03. The highest BCUT2D eigenvalue weighted by Gasteiger charge is 2.29. The highest BCUT2D eigenvalue weighted by molar-refractivity contribution is 5.94. The smallest absolute Gasteiger partial charge is 0.341 e. The molecule has 0 saturated carbocycles. The van der Waals surface area contributed by atoms with Crippen molar-refractivity contribution in [3.63, 3.8) is 0 Å². The van der Waals surface area contributed by atoms with Gasteiger partial charge < -0.3 is 9.47 Å². The van der Waals surface area contributed by atoms with Crippen LogP contribution >= 0.6 is 0 Å². The largest absolute Gasteiger partial charge is 0.496 e. The van der Waals surface area contributed by atoms with E-state index in [9.17, 15) is 31.1 Å². The van der Waals surface area contributed by atoms with Gasteiger partial charge in [-0.2, -0.15) is 0 Å². The van der Waals surface area contributed by atoms with Crippen LogP contribution in [0.3, 0.4) is 0 Å². The van der Waals surface area contributed by atoms with Crippen LogP contribution in [0.2, 0.25) is 0 Å². The van der Waals surface area contributed by atoms with Crippen LogP contribution in [0.25, 0.3) is 11.1 Å². The quantitative estimate of drug-likeness (QED) is 0.364. The SMILES string of the molecule is COC(=O)c1cc(-c2c(F)c(F)c(F)c(F)c2F)c(F)cc1OC. The summed E-state index contributed by atoms with van der Waals surface area (Å²) < 4.78 is 90.5. The standard InChI is InChI=1S/C15H8F6O3/c1-23-8-4-7(16)5(3-6(8)15(22)24-2)9-10(17)12(19)14(21)13(20)11(9)18/h3-4H,1-2H3. The first-order valence-electron chi connectivity index (χ1n) is 6.22. The van der Waals surface area contributed by atoms with E-state index >= 15 is 0 Å². The zero-order chi connectivity index (χ0) is 18.2. The maximum Gasteiger partial charge on any atom is 0.341 e. The van der Waals surface area contributed by atoms with Gasteiger partial charge in [-0.3, -0.25) is 0 Å². The van der Waals surface area contributed by atoms with E-state index in [4.69, 9.17) is 4.74 Å². The molecular weight excluding hydrogens is 342 g/mol. The Kier molecular flexibility index (Phi) is 4.72. The van der Waals surface area contributed by atoms with Gasteiger partial charge in [0.2, 0.25) is 5.82 Å². The lowest BCUT2D eigenvalue weighted by atomic mass is 9.99. The maximum absolute atomic E-state index is 14.1. The summed E-state index contributed by atoms with van der Waals surface area (Å²) in [5.41, 5.74) is -2.97. The van der Waals surface area contributed by atoms with Gasteiger partial charge >= 0.3 is 5.97 Å². The first kappa shape index (κ1) is 17.6. The third-order valence-electron chi connectivity index (χ3n) is 3.17. The monoisotopic (exact) mass is 350 g/mol. The van der Waals surface area contributed by atoms with Gasteiger partial charge in [0.15, 0.2) is 23.3 Å². The van der Waals surface area contributed by atoms with Crippen molar-refractivity contribution < 1.29 is 40.6 Å². The second-order valence-electron chi connectivity index (χ2n) is 4.47. The Morgan fingerprint density at radius 3 is 1.79 bits per heavy atom. The number of methoxy groups -OCH3 is 2. The third-order valence-corrected chi connectivity index (χ3v) is 3.17.